The largest absolute Gasteiger partial charge is 0.481 e. The van der Waals surface area contributed by atoms with Gasteiger partial charge in [-0.15, -0.1) is 23.5 Å². The number of nitrogens with two attached hydrogens (primary N) is 1. The standard InChI is InChI=1S/C15H15NOS.C15H14O2S/c2*16-14(17)11-18-15(12-7-3-1-4-8-12)13-9-5-2-6-10-13/h1-10,15H,11H2,(H2,16,17);1-10,15H,11H2,(H,16,17). The summed E-state index contributed by atoms with van der Waals surface area (Å²) in [7, 11) is 0. The van der Waals surface area contributed by atoms with E-state index in [1.165, 1.54) is 22.9 Å². The third kappa shape index (κ3) is 8.95. The van der Waals surface area contributed by atoms with E-state index in [1.807, 2.05) is 97.1 Å². The minimum absolute atomic E-state index is 0.0727. The van der Waals surface area contributed by atoms with Gasteiger partial charge >= 0.3 is 5.97 Å². The van der Waals surface area contributed by atoms with Gasteiger partial charge in [0.15, 0.2) is 0 Å². The Kier molecular flexibility index (Phi) is 11.2. The van der Waals surface area contributed by atoms with Gasteiger partial charge in [-0.2, -0.15) is 0 Å². The van der Waals surface area contributed by atoms with E-state index in [1.54, 1.807) is 11.8 Å². The smallest absolute Gasteiger partial charge is 0.313 e. The van der Waals surface area contributed by atoms with Gasteiger partial charge in [0.2, 0.25) is 5.91 Å². The van der Waals surface area contributed by atoms with E-state index < -0.39 is 5.97 Å². The Morgan fingerprint density at radius 1 is 0.556 bits per heavy atom. The molecule has 6 heteroatoms. The van der Waals surface area contributed by atoms with E-state index in [0.717, 1.165) is 11.1 Å². The number of benzene rings is 4. The van der Waals surface area contributed by atoms with Crippen molar-refractivity contribution in [3.05, 3.63) is 144 Å². The molecule has 0 aliphatic carbocycles. The summed E-state index contributed by atoms with van der Waals surface area (Å²) in [5.41, 5.74) is 9.89. The Bertz CT molecular complexity index is 1010. The number of primary amides is 1. The predicted molar refractivity (Wildman–Crippen MR) is 151 cm³/mol. The van der Waals surface area contributed by atoms with Gasteiger partial charge in [0.05, 0.1) is 22.0 Å². The first-order valence-electron chi connectivity index (χ1n) is 11.5. The summed E-state index contributed by atoms with van der Waals surface area (Å²) < 4.78 is 0. The molecule has 4 rings (SSSR count). The lowest BCUT2D eigenvalue weighted by Gasteiger charge is -2.16. The van der Waals surface area contributed by atoms with Crippen molar-refractivity contribution >= 4 is 35.4 Å². The van der Waals surface area contributed by atoms with Gasteiger partial charge in [-0.05, 0) is 22.3 Å². The first-order chi connectivity index (χ1) is 17.5. The number of thioether (sulfide) groups is 2. The molecule has 184 valence electrons. The molecule has 0 atom stereocenters. The first kappa shape index (κ1) is 27.1. The van der Waals surface area contributed by atoms with Crippen LogP contribution in [0.1, 0.15) is 32.8 Å². The van der Waals surface area contributed by atoms with Crippen LogP contribution in [0.4, 0.5) is 0 Å². The van der Waals surface area contributed by atoms with E-state index >= 15 is 0 Å². The second kappa shape index (κ2) is 14.8. The van der Waals surface area contributed by atoms with Crippen molar-refractivity contribution in [3.63, 3.8) is 0 Å². The average molecular weight is 516 g/mol. The fraction of sp³-hybridized carbons (Fsp3) is 0.133. The number of aliphatic carboxylic acids is 1. The van der Waals surface area contributed by atoms with E-state index in [9.17, 15) is 9.59 Å². The van der Waals surface area contributed by atoms with Crippen LogP contribution in [0.5, 0.6) is 0 Å². The predicted octanol–water partition coefficient (Wildman–Crippen LogP) is 6.59. The zero-order chi connectivity index (χ0) is 25.6. The van der Waals surface area contributed by atoms with Crippen LogP contribution >= 0.6 is 23.5 Å². The average Bonchev–Trinajstić information content (AvgIpc) is 2.91. The van der Waals surface area contributed by atoms with E-state index in [0.29, 0.717) is 5.75 Å². The van der Waals surface area contributed by atoms with Crippen LogP contribution in [-0.2, 0) is 9.59 Å². The number of carboxylic acid groups (broad SMARTS) is 1. The molecule has 0 aliphatic heterocycles. The maximum atomic E-state index is 11.0. The lowest BCUT2D eigenvalue weighted by molar-refractivity contribution is -0.133. The van der Waals surface area contributed by atoms with Crippen molar-refractivity contribution < 1.29 is 14.7 Å². The number of carboxylic acids is 1. The Labute approximate surface area is 221 Å². The molecule has 0 bridgehead atoms. The number of rotatable bonds is 10. The molecule has 0 fully saturated rings. The second-order valence-electron chi connectivity index (χ2n) is 7.88. The highest BCUT2D eigenvalue weighted by molar-refractivity contribution is 8.00. The van der Waals surface area contributed by atoms with Crippen molar-refractivity contribution in [2.45, 2.75) is 10.5 Å². The summed E-state index contributed by atoms with van der Waals surface area (Å²) in [4.78, 5) is 21.7. The Morgan fingerprint density at radius 2 is 0.833 bits per heavy atom. The Hall–Kier alpha value is -3.48. The second-order valence-corrected chi connectivity index (χ2v) is 10.1. The van der Waals surface area contributed by atoms with Gasteiger partial charge in [-0.3, -0.25) is 9.59 Å². The summed E-state index contributed by atoms with van der Waals surface area (Å²) in [6.07, 6.45) is 0. The fourth-order valence-electron chi connectivity index (χ4n) is 3.60. The molecule has 36 heavy (non-hydrogen) atoms. The molecule has 4 nitrogen and oxygen atoms in total. The van der Waals surface area contributed by atoms with Crippen molar-refractivity contribution in [3.8, 4) is 0 Å². The third-order valence-electron chi connectivity index (χ3n) is 5.18. The van der Waals surface area contributed by atoms with Crippen LogP contribution < -0.4 is 5.73 Å². The highest BCUT2D eigenvalue weighted by atomic mass is 32.2. The summed E-state index contributed by atoms with van der Waals surface area (Å²) >= 11 is 3.00. The van der Waals surface area contributed by atoms with Crippen molar-refractivity contribution in [1.29, 1.82) is 0 Å². The number of carbonyl (C=O) groups excluding carboxylic acids is 1. The molecule has 0 radical (unpaired) electrons. The van der Waals surface area contributed by atoms with Gasteiger partial charge in [0.25, 0.3) is 0 Å². The van der Waals surface area contributed by atoms with Crippen molar-refractivity contribution in [1.82, 2.24) is 0 Å². The van der Waals surface area contributed by atoms with Crippen molar-refractivity contribution in [2.24, 2.45) is 5.73 Å². The molecule has 0 saturated heterocycles. The molecule has 1 amide bonds. The van der Waals surface area contributed by atoms with E-state index in [-0.39, 0.29) is 22.2 Å². The number of hydrogen-bond donors (Lipinski definition) is 2. The molecule has 0 saturated carbocycles. The molecule has 0 unspecified atom stereocenters. The lowest BCUT2D eigenvalue weighted by Crippen LogP contribution is -2.14. The zero-order valence-electron chi connectivity index (χ0n) is 19.8. The van der Waals surface area contributed by atoms with E-state index in [4.69, 9.17) is 10.8 Å². The van der Waals surface area contributed by atoms with Gasteiger partial charge in [-0.1, -0.05) is 121 Å². The molecule has 0 heterocycles. The maximum absolute atomic E-state index is 11.0. The third-order valence-corrected chi connectivity index (χ3v) is 7.80. The van der Waals surface area contributed by atoms with Crippen LogP contribution in [0.15, 0.2) is 121 Å². The summed E-state index contributed by atoms with van der Waals surface area (Å²) in [5.74, 6) is -0.628. The van der Waals surface area contributed by atoms with Crippen LogP contribution in [0.2, 0.25) is 0 Å². The molecule has 0 aromatic heterocycles. The maximum Gasteiger partial charge on any atom is 0.313 e. The zero-order valence-corrected chi connectivity index (χ0v) is 21.4. The van der Waals surface area contributed by atoms with Gasteiger partial charge in [0.1, 0.15) is 0 Å². The Balaban J connectivity index is 0.000000201. The Morgan fingerprint density at radius 3 is 1.08 bits per heavy atom. The SMILES string of the molecule is NC(=O)CSC(c1ccccc1)c1ccccc1.O=C(O)CSC(c1ccccc1)c1ccccc1. The lowest BCUT2D eigenvalue weighted by atomic mass is 10.0. The van der Waals surface area contributed by atoms with Crippen LogP contribution in [-0.4, -0.2) is 28.5 Å². The topological polar surface area (TPSA) is 80.4 Å². The minimum Gasteiger partial charge on any atom is -0.481 e. The molecule has 0 aliphatic rings. The quantitative estimate of drug-likeness (QED) is 0.249. The molecular formula is C30H29NO3S2. The summed E-state index contributed by atoms with van der Waals surface area (Å²) in [6, 6.07) is 40.3. The molecule has 0 spiro atoms. The van der Waals surface area contributed by atoms with Gasteiger partial charge < -0.3 is 10.8 Å². The van der Waals surface area contributed by atoms with Crippen LogP contribution in [0.3, 0.4) is 0 Å². The molecule has 4 aromatic carbocycles. The monoisotopic (exact) mass is 515 g/mol. The molecular weight excluding hydrogens is 486 g/mol. The molecule has 4 aromatic rings. The van der Waals surface area contributed by atoms with Crippen LogP contribution in [0.25, 0.3) is 0 Å². The minimum atomic E-state index is -0.781. The summed E-state index contributed by atoms with van der Waals surface area (Å²) in [6.45, 7) is 0. The van der Waals surface area contributed by atoms with Crippen molar-refractivity contribution in [2.75, 3.05) is 11.5 Å². The fourth-order valence-corrected chi connectivity index (χ4v) is 5.64. The highest BCUT2D eigenvalue weighted by Gasteiger charge is 2.16. The number of amides is 1. The molecule has 3 N–H and O–H groups in total. The summed E-state index contributed by atoms with van der Waals surface area (Å²) in [5, 5.41) is 9.06. The number of carbonyl (C=O) groups is 2. The van der Waals surface area contributed by atoms with Gasteiger partial charge in [0, 0.05) is 0 Å². The van der Waals surface area contributed by atoms with E-state index in [2.05, 4.69) is 24.3 Å². The first-order valence-corrected chi connectivity index (χ1v) is 13.6. The number of hydrogen-bond acceptors (Lipinski definition) is 4. The van der Waals surface area contributed by atoms with Gasteiger partial charge in [-0.25, -0.2) is 0 Å². The van der Waals surface area contributed by atoms with Crippen LogP contribution in [0, 0.1) is 0 Å². The highest BCUT2D eigenvalue weighted by Crippen LogP contribution is 2.36. The normalized spacial score (nSPS) is 10.5.